The first kappa shape index (κ1) is 51.3. The topological polar surface area (TPSA) is 284 Å². The number of benzene rings is 3. The van der Waals surface area contributed by atoms with E-state index in [1.54, 1.807) is 26.2 Å². The Bertz CT molecular complexity index is 2650. The Kier molecular flexibility index (Phi) is 17.6. The van der Waals surface area contributed by atoms with Gasteiger partial charge in [0.05, 0.1) is 69.5 Å². The summed E-state index contributed by atoms with van der Waals surface area (Å²) < 4.78 is 33.0. The maximum Gasteiger partial charge on any atom is 0.273 e. The Morgan fingerprint density at radius 2 is 1.49 bits per heavy atom. The molecule has 3 heterocycles. The molecule has 1 saturated heterocycles. The summed E-state index contributed by atoms with van der Waals surface area (Å²) in [6, 6.07) is 14.8. The number of hydrogen-bond donors (Lipinski definition) is 5. The molecule has 7 rings (SSSR count). The molecular weight excluding hydrogens is 927 g/mol. The molecular formula is C49H55N7O15. The van der Waals surface area contributed by atoms with Gasteiger partial charge in [0.25, 0.3) is 35.4 Å². The predicted molar refractivity (Wildman–Crippen MR) is 249 cm³/mol. The number of aromatic nitrogens is 1. The first-order chi connectivity index (χ1) is 34.3. The highest BCUT2D eigenvalue weighted by atomic mass is 16.6. The highest BCUT2D eigenvalue weighted by molar-refractivity contribution is 6.24. The van der Waals surface area contributed by atoms with Crippen LogP contribution in [0.2, 0.25) is 0 Å². The quantitative estimate of drug-likeness (QED) is 0.0466. The van der Waals surface area contributed by atoms with Crippen LogP contribution in [-0.4, -0.2) is 167 Å². The normalized spacial score (nSPS) is 16.1. The predicted octanol–water partition coefficient (Wildman–Crippen LogP) is 1.60. The molecule has 71 heavy (non-hydrogen) atoms. The maximum absolute atomic E-state index is 13.2. The molecule has 4 aromatic rings. The Labute approximate surface area is 407 Å². The largest absolute Gasteiger partial charge is 0.507 e. The summed E-state index contributed by atoms with van der Waals surface area (Å²) in [7, 11) is 3.17. The minimum Gasteiger partial charge on any atom is -0.507 e. The average molecular weight is 982 g/mol. The highest BCUT2D eigenvalue weighted by Crippen LogP contribution is 2.35. The number of nitrogens with zero attached hydrogens (tertiary/aromatic N) is 3. The van der Waals surface area contributed by atoms with Crippen molar-refractivity contribution in [1.29, 1.82) is 0 Å². The molecule has 376 valence electrons. The van der Waals surface area contributed by atoms with E-state index < -0.39 is 48.1 Å². The number of aryl methyl sites for hydroxylation is 1. The molecule has 22 nitrogen and oxygen atoms in total. The van der Waals surface area contributed by atoms with Crippen LogP contribution in [0.4, 0.5) is 0 Å². The second-order valence-corrected chi connectivity index (χ2v) is 16.8. The fraction of sp³-hybridized carbons (Fsp3) is 0.408. The van der Waals surface area contributed by atoms with Gasteiger partial charge in [-0.25, -0.2) is 0 Å². The van der Waals surface area contributed by atoms with Gasteiger partial charge in [0.1, 0.15) is 17.5 Å². The van der Waals surface area contributed by atoms with Crippen molar-refractivity contribution in [2.45, 2.75) is 37.6 Å². The van der Waals surface area contributed by atoms with Crippen molar-refractivity contribution >= 4 is 47.3 Å². The van der Waals surface area contributed by atoms with E-state index >= 15 is 0 Å². The number of phenols is 1. The summed E-state index contributed by atoms with van der Waals surface area (Å²) in [6.45, 7) is 2.78. The summed E-state index contributed by atoms with van der Waals surface area (Å²) in [5.74, 6) is -4.05. The first-order valence-electron chi connectivity index (χ1n) is 23.1. The minimum absolute atomic E-state index is 0.00369. The van der Waals surface area contributed by atoms with Gasteiger partial charge in [0.15, 0.2) is 18.1 Å². The van der Waals surface area contributed by atoms with E-state index in [0.29, 0.717) is 57.3 Å². The average Bonchev–Trinajstić information content (AvgIpc) is 4.08. The van der Waals surface area contributed by atoms with Gasteiger partial charge in [-0.3, -0.25) is 48.6 Å². The summed E-state index contributed by atoms with van der Waals surface area (Å²) in [5, 5.41) is 24.8. The molecule has 0 saturated carbocycles. The van der Waals surface area contributed by atoms with Gasteiger partial charge < -0.3 is 54.2 Å². The van der Waals surface area contributed by atoms with Gasteiger partial charge in [-0.05, 0) is 66.8 Å². The van der Waals surface area contributed by atoms with Gasteiger partial charge in [-0.1, -0.05) is 23.4 Å². The molecule has 2 aliphatic heterocycles. The van der Waals surface area contributed by atoms with E-state index in [9.17, 15) is 43.5 Å². The summed E-state index contributed by atoms with van der Waals surface area (Å²) in [5.41, 5.74) is 3.27. The van der Waals surface area contributed by atoms with E-state index in [0.717, 1.165) is 28.9 Å². The van der Waals surface area contributed by atoms with Crippen LogP contribution in [0.3, 0.4) is 0 Å². The van der Waals surface area contributed by atoms with E-state index in [1.165, 1.54) is 41.3 Å². The lowest BCUT2D eigenvalue weighted by Gasteiger charge is -2.27. The van der Waals surface area contributed by atoms with Crippen LogP contribution in [0, 0.1) is 0 Å². The Morgan fingerprint density at radius 1 is 0.789 bits per heavy atom. The molecule has 22 heteroatoms. The van der Waals surface area contributed by atoms with Gasteiger partial charge >= 0.3 is 0 Å². The van der Waals surface area contributed by atoms with Crippen molar-refractivity contribution in [3.63, 3.8) is 0 Å². The fourth-order valence-corrected chi connectivity index (χ4v) is 8.13. The minimum atomic E-state index is -1.12. The molecule has 2 atom stereocenters. The van der Waals surface area contributed by atoms with Crippen molar-refractivity contribution in [2.24, 2.45) is 0 Å². The number of fused-ring (bicyclic) bond motifs is 2. The van der Waals surface area contributed by atoms with Crippen molar-refractivity contribution in [1.82, 2.24) is 36.2 Å². The fourth-order valence-electron chi connectivity index (χ4n) is 8.13. The van der Waals surface area contributed by atoms with Gasteiger partial charge in [-0.15, -0.1) is 0 Å². The van der Waals surface area contributed by atoms with E-state index in [-0.39, 0.29) is 96.6 Å². The van der Waals surface area contributed by atoms with E-state index in [4.69, 9.17) is 28.2 Å². The molecule has 3 aliphatic rings. The van der Waals surface area contributed by atoms with Crippen molar-refractivity contribution in [2.75, 3.05) is 93.2 Å². The number of piperidine rings is 1. The molecule has 5 N–H and O–H groups in total. The zero-order valence-corrected chi connectivity index (χ0v) is 39.2. The lowest BCUT2D eigenvalue weighted by Crippen LogP contribution is -2.54. The zero-order chi connectivity index (χ0) is 50.4. The van der Waals surface area contributed by atoms with Crippen LogP contribution < -0.4 is 26.0 Å². The Morgan fingerprint density at radius 3 is 2.18 bits per heavy atom. The molecule has 1 fully saturated rings. The maximum atomic E-state index is 13.2. The number of ether oxygens (including phenoxy) is 5. The van der Waals surface area contributed by atoms with E-state index in [1.807, 2.05) is 12.1 Å². The number of amides is 8. The van der Waals surface area contributed by atoms with Crippen molar-refractivity contribution in [3.05, 3.63) is 99.7 Å². The molecule has 0 radical (unpaired) electrons. The SMILES string of the molecule is CN(C)C(=O)c1ccc(-c2cc(C(=O)NCC3CCc4ccc(C(=O)NCCOCCOCCOCCOCCNC(=O)COc5cccc6c5C(=O)N(C5CCC(=O)NC5=O)C6=O)cc43)no2)cc1O. The zero-order valence-electron chi connectivity index (χ0n) is 39.2. The van der Waals surface area contributed by atoms with Crippen LogP contribution in [0.1, 0.15) is 88.2 Å². The first-order valence-corrected chi connectivity index (χ1v) is 23.1. The third kappa shape index (κ3) is 13.0. The summed E-state index contributed by atoms with van der Waals surface area (Å²) in [6.07, 6.45) is 1.63. The lowest BCUT2D eigenvalue weighted by atomic mass is 9.98. The Hall–Kier alpha value is -7.53. The summed E-state index contributed by atoms with van der Waals surface area (Å²) in [4.78, 5) is 103. The molecule has 1 aromatic heterocycles. The molecule has 2 unspecified atom stereocenters. The number of carbonyl (C=O) groups excluding carboxylic acids is 8. The number of rotatable bonds is 25. The number of aromatic hydroxyl groups is 1. The Balaban J connectivity index is 0.688. The van der Waals surface area contributed by atoms with Crippen LogP contribution in [-0.2, 0) is 39.8 Å². The van der Waals surface area contributed by atoms with Gasteiger partial charge in [0, 0.05) is 63.3 Å². The van der Waals surface area contributed by atoms with Gasteiger partial charge in [0.2, 0.25) is 11.8 Å². The van der Waals surface area contributed by atoms with Crippen LogP contribution in [0.25, 0.3) is 11.3 Å². The third-order valence-electron chi connectivity index (χ3n) is 11.8. The number of phenolic OH excluding ortho intramolecular Hbond substituents is 1. The third-order valence-corrected chi connectivity index (χ3v) is 11.8. The second-order valence-electron chi connectivity index (χ2n) is 16.8. The molecule has 8 amide bonds. The van der Waals surface area contributed by atoms with E-state index in [2.05, 4.69) is 26.4 Å². The van der Waals surface area contributed by atoms with Crippen molar-refractivity contribution < 1.29 is 71.7 Å². The van der Waals surface area contributed by atoms with Crippen LogP contribution in [0.15, 0.2) is 65.2 Å². The van der Waals surface area contributed by atoms with Gasteiger partial charge in [-0.2, -0.15) is 0 Å². The molecule has 1 aliphatic carbocycles. The number of carbonyl (C=O) groups is 8. The molecule has 0 bridgehead atoms. The number of hydrogen-bond acceptors (Lipinski definition) is 16. The monoisotopic (exact) mass is 981 g/mol. The smallest absolute Gasteiger partial charge is 0.273 e. The number of nitrogens with one attached hydrogen (secondary N) is 4. The standard InChI is InChI=1S/C49H55N7O15/c1-55(2)47(63)33-11-10-30(25-38(33)57)40-26-36(54-71-40)45(61)52-27-32-9-7-29-6-8-31(24-35(29)32)44(60)51-15-17-67-19-21-69-23-22-68-20-18-66-16-14-50-42(59)28-70-39-5-3-4-34-43(39)49(65)56(48(34)64)37-12-13-41(58)53-46(37)62/h3-6,8,10-11,24-26,32,37,57H,7,9,12-23,27-28H2,1-2H3,(H,50,59)(H,51,60)(H,52,61)(H,53,58,62). The number of imide groups is 2. The molecule has 3 aromatic carbocycles. The van der Waals surface area contributed by atoms with Crippen LogP contribution >= 0.6 is 0 Å². The second kappa shape index (κ2) is 24.3. The van der Waals surface area contributed by atoms with Crippen molar-refractivity contribution in [3.8, 4) is 22.8 Å². The summed E-state index contributed by atoms with van der Waals surface area (Å²) >= 11 is 0. The highest BCUT2D eigenvalue weighted by Gasteiger charge is 2.46. The van der Waals surface area contributed by atoms with Crippen LogP contribution in [0.5, 0.6) is 11.5 Å². The lowest BCUT2D eigenvalue weighted by molar-refractivity contribution is -0.136. The molecule has 0 spiro atoms.